The Morgan fingerprint density at radius 2 is 0.556 bits per heavy atom. The predicted octanol–water partition coefficient (Wildman–Crippen LogP) is 19.1. The molecule has 12 aromatic rings. The Balaban J connectivity index is 1.36. The molecule has 0 saturated carbocycles. The highest BCUT2D eigenvalue weighted by atomic mass is 79.9. The van der Waals surface area contributed by atoms with E-state index in [-0.39, 0.29) is 0 Å². The Morgan fingerprint density at radius 1 is 0.296 bits per heavy atom. The van der Waals surface area contributed by atoms with Gasteiger partial charge in [0.2, 0.25) is 0 Å². The van der Waals surface area contributed by atoms with Crippen molar-refractivity contribution in [1.29, 1.82) is 0 Å². The van der Waals surface area contributed by atoms with Crippen LogP contribution < -0.4 is 28.4 Å². The summed E-state index contributed by atoms with van der Waals surface area (Å²) in [4.78, 5) is 0. The molecule has 0 fully saturated rings. The maximum absolute atomic E-state index is 7.97. The highest BCUT2D eigenvalue weighted by Gasteiger charge is 2.43. The van der Waals surface area contributed by atoms with Crippen LogP contribution in [0.4, 0.5) is 0 Å². The molecule has 9 aromatic carbocycles. The first kappa shape index (κ1) is 52.2. The Kier molecular flexibility index (Phi) is 13.8. The maximum atomic E-state index is 7.97. The number of hydrogen-bond acceptors (Lipinski definition) is 9. The molecule has 3 heterocycles. The highest BCUT2D eigenvalue weighted by molar-refractivity contribution is 9.11. The maximum Gasteiger partial charge on any atom is 0.146 e. The highest BCUT2D eigenvalue weighted by Crippen LogP contribution is 2.61. The topological polar surface area (TPSA) is 94.8 Å². The summed E-state index contributed by atoms with van der Waals surface area (Å²) in [5, 5.41) is 2.18. The van der Waals surface area contributed by atoms with E-state index in [9.17, 15) is 0 Å². The molecule has 0 spiro atoms. The molecule has 3 aromatic heterocycles. The second-order valence-electron chi connectivity index (χ2n) is 19.8. The number of furan rings is 3. The Bertz CT molecular complexity index is 4320. The first-order chi connectivity index (χ1) is 39.7. The number of halogens is 3. The fourth-order valence-corrected chi connectivity index (χ4v) is 13.0. The Morgan fingerprint density at radius 3 is 0.852 bits per heavy atom. The van der Waals surface area contributed by atoms with Gasteiger partial charge in [-0.3, -0.25) is 0 Å². The molecular formula is C69H51Br3O9. The minimum absolute atomic E-state index is 0.516. The van der Waals surface area contributed by atoms with E-state index in [1.807, 2.05) is 97.1 Å². The number of hydrogen-bond donors (Lipinski definition) is 0. The summed E-state index contributed by atoms with van der Waals surface area (Å²) >= 11 is 11.3. The van der Waals surface area contributed by atoms with Crippen LogP contribution in [0, 0.1) is 0 Å². The molecule has 0 N–H and O–H groups in total. The van der Waals surface area contributed by atoms with Gasteiger partial charge in [0, 0.05) is 65.4 Å². The third-order valence-corrected chi connectivity index (χ3v) is 17.2. The molecule has 3 unspecified atom stereocenters. The van der Waals surface area contributed by atoms with Crippen molar-refractivity contribution >= 4 is 80.7 Å². The van der Waals surface area contributed by atoms with Gasteiger partial charge in [-0.15, -0.1) is 0 Å². The van der Waals surface area contributed by atoms with Crippen LogP contribution >= 0.6 is 47.8 Å². The molecule has 1 aliphatic carbocycles. The van der Waals surface area contributed by atoms with Gasteiger partial charge in [0.1, 0.15) is 74.4 Å². The van der Waals surface area contributed by atoms with Gasteiger partial charge in [-0.2, -0.15) is 0 Å². The fraction of sp³-hybridized carbons (Fsp3) is 0.130. The third kappa shape index (κ3) is 8.60. The summed E-state index contributed by atoms with van der Waals surface area (Å²) in [7, 11) is 10.1. The smallest absolute Gasteiger partial charge is 0.146 e. The van der Waals surface area contributed by atoms with Crippen molar-refractivity contribution in [3.63, 3.8) is 0 Å². The number of rotatable bonds is 12. The fourth-order valence-electron chi connectivity index (χ4n) is 12.2. The van der Waals surface area contributed by atoms with Crippen molar-refractivity contribution in [1.82, 2.24) is 0 Å². The van der Waals surface area contributed by atoms with Crippen LogP contribution in [-0.2, 0) is 0 Å². The number of ether oxygens (including phenoxy) is 6. The zero-order chi connectivity index (χ0) is 55.6. The Hall–Kier alpha value is -8.16. The second-order valence-corrected chi connectivity index (χ2v) is 22.5. The van der Waals surface area contributed by atoms with E-state index in [0.717, 1.165) is 79.6 Å². The van der Waals surface area contributed by atoms with E-state index in [4.69, 9.17) is 41.7 Å². The van der Waals surface area contributed by atoms with Crippen molar-refractivity contribution in [2.45, 2.75) is 17.8 Å². The van der Waals surface area contributed by atoms with Crippen LogP contribution in [0.15, 0.2) is 209 Å². The average Bonchev–Trinajstić information content (AvgIpc) is 4.37. The Labute approximate surface area is 493 Å². The molecular weight excluding hydrogens is 1210 g/mol. The summed E-state index contributed by atoms with van der Waals surface area (Å²) in [6.07, 6.45) is 0. The van der Waals surface area contributed by atoms with Gasteiger partial charge in [0.25, 0.3) is 0 Å². The van der Waals surface area contributed by atoms with Crippen LogP contribution in [0.5, 0.6) is 34.5 Å². The first-order valence-electron chi connectivity index (χ1n) is 26.2. The van der Waals surface area contributed by atoms with Crippen LogP contribution in [0.1, 0.15) is 68.4 Å². The zero-order valence-corrected chi connectivity index (χ0v) is 49.6. The van der Waals surface area contributed by atoms with Crippen LogP contribution in [0.2, 0.25) is 0 Å². The van der Waals surface area contributed by atoms with Gasteiger partial charge in [0.15, 0.2) is 0 Å². The summed E-state index contributed by atoms with van der Waals surface area (Å²) in [6.45, 7) is 0. The molecule has 13 rings (SSSR count). The van der Waals surface area contributed by atoms with E-state index >= 15 is 0 Å². The van der Waals surface area contributed by atoms with E-state index in [1.54, 1.807) is 42.7 Å². The molecule has 81 heavy (non-hydrogen) atoms. The number of methoxy groups -OCH3 is 6. The summed E-state index contributed by atoms with van der Waals surface area (Å²) < 4.78 is 66.1. The molecule has 3 atom stereocenters. The SMILES string of the molecule is COc1cc(OC)c2c(-c3ccc(Br)cc3)c3oc2c1C(c1ccccc1)c1oc2c(c(OC)cc(OC)c2c1-c1ccc(Br)cc1)C(c1ccccc1)c1c(OC)cc(OC)c2c(-c4ccc(Br)cc4)c(oc12)C3c1ccccc1. The largest absolute Gasteiger partial charge is 0.496 e. The number of benzene rings is 9. The van der Waals surface area contributed by atoms with Gasteiger partial charge in [-0.1, -0.05) is 175 Å². The first-order valence-corrected chi connectivity index (χ1v) is 28.6. The molecule has 9 nitrogen and oxygen atoms in total. The quantitative estimate of drug-likeness (QED) is 0.119. The summed E-state index contributed by atoms with van der Waals surface area (Å²) in [6, 6.07) is 61.9. The lowest BCUT2D eigenvalue weighted by atomic mass is 9.80. The molecule has 0 aliphatic heterocycles. The van der Waals surface area contributed by atoms with Crippen LogP contribution in [0.25, 0.3) is 66.3 Å². The molecule has 402 valence electrons. The number of fused-ring (bicyclic) bond motifs is 3. The monoisotopic (exact) mass is 1260 g/mol. The molecule has 12 bridgehead atoms. The average molecular weight is 1260 g/mol. The van der Waals surface area contributed by atoms with E-state index < -0.39 is 17.8 Å². The summed E-state index contributed by atoms with van der Waals surface area (Å²) in [5.74, 6) is 2.82. The lowest BCUT2D eigenvalue weighted by Crippen LogP contribution is -2.09. The standard InChI is InChI=1S/C69H51Br3O9/c1-73-46-34-48(75-3)61-54(40-22-28-43(70)29-23-40)64-53(38-18-12-8-13-19-38)60-50(77-5)36-51(78-6)63-56(42-26-32-45(72)33-27-42)66(81-69(60)63)57(39-20-14-9-15-21-39)65-55(41-24-30-44(71)31-25-41)62-49(76-4)35-47(74-2)59(68(62)80-65)52(58(46)67(61)79-64)37-16-10-7-11-17-37/h7-36,52-53,57H,1-6H3. The minimum atomic E-state index is -0.735. The van der Waals surface area contributed by atoms with Gasteiger partial charge < -0.3 is 41.7 Å². The zero-order valence-electron chi connectivity index (χ0n) is 44.9. The lowest BCUT2D eigenvalue weighted by Gasteiger charge is -2.25. The van der Waals surface area contributed by atoms with Crippen molar-refractivity contribution < 1.29 is 41.7 Å². The predicted molar refractivity (Wildman–Crippen MR) is 330 cm³/mol. The molecule has 0 saturated heterocycles. The van der Waals surface area contributed by atoms with E-state index in [2.05, 4.69) is 133 Å². The lowest BCUT2D eigenvalue weighted by molar-refractivity contribution is 0.387. The minimum Gasteiger partial charge on any atom is -0.496 e. The second kappa shape index (κ2) is 21.4. The van der Waals surface area contributed by atoms with Crippen molar-refractivity contribution in [2.24, 2.45) is 0 Å². The van der Waals surface area contributed by atoms with Crippen LogP contribution in [-0.4, -0.2) is 42.7 Å². The molecule has 0 radical (unpaired) electrons. The van der Waals surface area contributed by atoms with Gasteiger partial charge >= 0.3 is 0 Å². The molecule has 12 heteroatoms. The third-order valence-electron chi connectivity index (χ3n) is 15.6. The van der Waals surface area contributed by atoms with Gasteiger partial charge in [-0.25, -0.2) is 0 Å². The molecule has 1 aliphatic rings. The normalized spacial score (nSPS) is 14.9. The van der Waals surface area contributed by atoms with Crippen molar-refractivity contribution in [2.75, 3.05) is 42.7 Å². The van der Waals surface area contributed by atoms with Crippen LogP contribution in [0.3, 0.4) is 0 Å². The van der Waals surface area contributed by atoms with Gasteiger partial charge in [-0.05, 0) is 69.8 Å². The summed E-state index contributed by atoms with van der Waals surface area (Å²) in [5.41, 5.74) is 11.5. The van der Waals surface area contributed by atoms with E-state index in [1.165, 1.54) is 0 Å². The van der Waals surface area contributed by atoms with Crippen molar-refractivity contribution in [3.05, 3.63) is 246 Å². The van der Waals surface area contributed by atoms with E-state index in [0.29, 0.717) is 85.2 Å². The van der Waals surface area contributed by atoms with Gasteiger partial charge in [0.05, 0.1) is 70.3 Å². The van der Waals surface area contributed by atoms with Crippen molar-refractivity contribution in [3.8, 4) is 67.9 Å². The molecule has 0 amide bonds.